The number of methoxy groups -OCH3 is 1. The first kappa shape index (κ1) is 9.70. The van der Waals surface area contributed by atoms with Gasteiger partial charge in [-0.2, -0.15) is 0 Å². The van der Waals surface area contributed by atoms with E-state index >= 15 is 0 Å². The van der Waals surface area contributed by atoms with Crippen LogP contribution in [-0.2, 0) is 0 Å². The molecule has 2 rings (SSSR count). The van der Waals surface area contributed by atoms with Crippen LogP contribution in [0.3, 0.4) is 0 Å². The SMILES string of the molecule is COc1cc(OC2CC2)cnc1[N+](=O)[O-]. The highest BCUT2D eigenvalue weighted by atomic mass is 16.6. The largest absolute Gasteiger partial charge is 0.489 e. The van der Waals surface area contributed by atoms with Crippen molar-refractivity contribution in [1.29, 1.82) is 0 Å². The molecule has 0 radical (unpaired) electrons. The van der Waals surface area contributed by atoms with E-state index in [1.807, 2.05) is 0 Å². The van der Waals surface area contributed by atoms with Gasteiger partial charge >= 0.3 is 5.82 Å². The lowest BCUT2D eigenvalue weighted by atomic mass is 10.4. The highest BCUT2D eigenvalue weighted by Gasteiger charge is 2.25. The Bertz CT molecular complexity index is 390. The van der Waals surface area contributed by atoms with Crippen molar-refractivity contribution >= 4 is 5.82 Å². The highest BCUT2D eigenvalue weighted by molar-refractivity contribution is 5.43. The fraction of sp³-hybridized carbons (Fsp3) is 0.444. The smallest absolute Gasteiger partial charge is 0.406 e. The van der Waals surface area contributed by atoms with Gasteiger partial charge in [-0.1, -0.05) is 0 Å². The molecule has 0 bridgehead atoms. The van der Waals surface area contributed by atoms with Gasteiger partial charge in [-0.15, -0.1) is 0 Å². The number of hydrogen-bond donors (Lipinski definition) is 0. The Morgan fingerprint density at radius 1 is 1.60 bits per heavy atom. The number of rotatable bonds is 4. The van der Waals surface area contributed by atoms with Crippen molar-refractivity contribution in [2.24, 2.45) is 0 Å². The second-order valence-corrected chi connectivity index (χ2v) is 3.27. The van der Waals surface area contributed by atoms with Gasteiger partial charge < -0.3 is 19.6 Å². The van der Waals surface area contributed by atoms with E-state index in [1.54, 1.807) is 0 Å². The highest BCUT2D eigenvalue weighted by Crippen LogP contribution is 2.31. The molecule has 1 aromatic rings. The molecule has 80 valence electrons. The first-order chi connectivity index (χ1) is 7.20. The summed E-state index contributed by atoms with van der Waals surface area (Å²) in [5.74, 6) is 0.346. The molecule has 0 unspecified atom stereocenters. The minimum atomic E-state index is -0.584. The van der Waals surface area contributed by atoms with Crippen LogP contribution in [-0.4, -0.2) is 23.1 Å². The lowest BCUT2D eigenvalue weighted by Crippen LogP contribution is -2.00. The van der Waals surface area contributed by atoms with Crippen molar-refractivity contribution in [1.82, 2.24) is 4.98 Å². The fourth-order valence-electron chi connectivity index (χ4n) is 1.15. The van der Waals surface area contributed by atoms with E-state index in [0.717, 1.165) is 12.8 Å². The molecule has 1 fully saturated rings. The van der Waals surface area contributed by atoms with Crippen molar-refractivity contribution in [2.45, 2.75) is 18.9 Å². The van der Waals surface area contributed by atoms with Crippen LogP contribution in [0.1, 0.15) is 12.8 Å². The van der Waals surface area contributed by atoms with Crippen LogP contribution in [0.2, 0.25) is 0 Å². The average molecular weight is 210 g/mol. The van der Waals surface area contributed by atoms with Crippen molar-refractivity contribution in [2.75, 3.05) is 7.11 Å². The summed E-state index contributed by atoms with van der Waals surface area (Å²) in [6, 6.07) is 1.49. The molecule has 1 aliphatic carbocycles. The molecule has 0 aromatic carbocycles. The summed E-state index contributed by atoms with van der Waals surface area (Å²) in [5.41, 5.74) is 0. The molecule has 0 amide bonds. The molecule has 6 nitrogen and oxygen atoms in total. The summed E-state index contributed by atoms with van der Waals surface area (Å²) in [6.45, 7) is 0. The maximum Gasteiger partial charge on any atom is 0.406 e. The topological polar surface area (TPSA) is 74.5 Å². The van der Waals surface area contributed by atoms with Crippen molar-refractivity contribution < 1.29 is 14.4 Å². The van der Waals surface area contributed by atoms with Gasteiger partial charge in [-0.3, -0.25) is 0 Å². The van der Waals surface area contributed by atoms with Crippen molar-refractivity contribution in [3.8, 4) is 11.5 Å². The molecule has 1 aromatic heterocycles. The number of nitrogens with zero attached hydrogens (tertiary/aromatic N) is 2. The van der Waals surface area contributed by atoms with Gasteiger partial charge in [0.25, 0.3) is 0 Å². The Labute approximate surface area is 86.0 Å². The molecule has 1 aliphatic rings. The number of ether oxygens (including phenoxy) is 2. The third kappa shape index (κ3) is 2.15. The molecule has 15 heavy (non-hydrogen) atoms. The van der Waals surface area contributed by atoms with Gasteiger partial charge in [-0.25, -0.2) is 0 Å². The predicted molar refractivity (Wildman–Crippen MR) is 51.1 cm³/mol. The molecule has 0 N–H and O–H groups in total. The van der Waals surface area contributed by atoms with Crippen LogP contribution in [0, 0.1) is 10.1 Å². The molecule has 1 saturated carbocycles. The van der Waals surface area contributed by atoms with E-state index in [-0.39, 0.29) is 17.7 Å². The summed E-state index contributed by atoms with van der Waals surface area (Å²) in [7, 11) is 1.37. The lowest BCUT2D eigenvalue weighted by molar-refractivity contribution is -0.390. The number of nitro groups is 1. The second kappa shape index (κ2) is 3.72. The van der Waals surface area contributed by atoms with Gasteiger partial charge in [0.05, 0.1) is 13.2 Å². The summed E-state index contributed by atoms with van der Waals surface area (Å²) >= 11 is 0. The van der Waals surface area contributed by atoms with Crippen LogP contribution < -0.4 is 9.47 Å². The standard InChI is InChI=1S/C9H10N2O4/c1-14-8-4-7(15-6-2-3-6)5-10-9(8)11(12)13/h4-6H,2-3H2,1H3. The van der Waals surface area contributed by atoms with Crippen LogP contribution in [0.5, 0.6) is 11.5 Å². The first-order valence-electron chi connectivity index (χ1n) is 4.56. The maximum absolute atomic E-state index is 10.5. The van der Waals surface area contributed by atoms with Crippen LogP contribution >= 0.6 is 0 Å². The Hall–Kier alpha value is -1.85. The van der Waals surface area contributed by atoms with Crippen LogP contribution in [0.25, 0.3) is 0 Å². The van der Waals surface area contributed by atoms with Gasteiger partial charge in [0.2, 0.25) is 5.75 Å². The molecular weight excluding hydrogens is 200 g/mol. The third-order valence-electron chi connectivity index (χ3n) is 2.03. The van der Waals surface area contributed by atoms with Crippen LogP contribution in [0.15, 0.2) is 12.3 Å². The average Bonchev–Trinajstić information content (AvgIpc) is 3.01. The number of hydrogen-bond acceptors (Lipinski definition) is 5. The predicted octanol–water partition coefficient (Wildman–Crippen LogP) is 1.54. The summed E-state index contributed by atoms with van der Waals surface area (Å²) < 4.78 is 10.3. The normalized spacial score (nSPS) is 14.7. The van der Waals surface area contributed by atoms with Crippen LogP contribution in [0.4, 0.5) is 5.82 Å². The Balaban J connectivity index is 2.24. The molecule has 6 heteroatoms. The van der Waals surface area contributed by atoms with E-state index in [9.17, 15) is 10.1 Å². The van der Waals surface area contributed by atoms with Gasteiger partial charge in [0, 0.05) is 6.07 Å². The maximum atomic E-state index is 10.5. The molecule has 0 aliphatic heterocycles. The van der Waals surface area contributed by atoms with Crippen molar-refractivity contribution in [3.63, 3.8) is 0 Å². The zero-order valence-electron chi connectivity index (χ0n) is 8.17. The monoisotopic (exact) mass is 210 g/mol. The van der Waals surface area contributed by atoms with E-state index in [1.165, 1.54) is 19.4 Å². The fourth-order valence-corrected chi connectivity index (χ4v) is 1.15. The zero-order chi connectivity index (χ0) is 10.8. The Morgan fingerprint density at radius 3 is 2.87 bits per heavy atom. The van der Waals surface area contributed by atoms with E-state index in [4.69, 9.17) is 9.47 Å². The third-order valence-corrected chi connectivity index (χ3v) is 2.03. The molecule has 0 spiro atoms. The molecule has 0 saturated heterocycles. The summed E-state index contributed by atoms with van der Waals surface area (Å²) in [5, 5.41) is 10.5. The van der Waals surface area contributed by atoms with Gasteiger partial charge in [0.15, 0.2) is 11.9 Å². The van der Waals surface area contributed by atoms with E-state index in [0.29, 0.717) is 5.75 Å². The summed E-state index contributed by atoms with van der Waals surface area (Å²) in [6.07, 6.45) is 3.63. The van der Waals surface area contributed by atoms with E-state index in [2.05, 4.69) is 4.98 Å². The first-order valence-corrected chi connectivity index (χ1v) is 4.56. The number of aromatic nitrogens is 1. The zero-order valence-corrected chi connectivity index (χ0v) is 8.17. The summed E-state index contributed by atoms with van der Waals surface area (Å²) in [4.78, 5) is 13.6. The van der Waals surface area contributed by atoms with Gasteiger partial charge in [0.1, 0.15) is 0 Å². The molecule has 1 heterocycles. The minimum absolute atomic E-state index is 0.123. The number of pyridine rings is 1. The molecular formula is C9H10N2O4. The lowest BCUT2D eigenvalue weighted by Gasteiger charge is -2.04. The van der Waals surface area contributed by atoms with Gasteiger partial charge in [-0.05, 0) is 22.7 Å². The molecule has 0 atom stereocenters. The van der Waals surface area contributed by atoms with Crippen molar-refractivity contribution in [3.05, 3.63) is 22.4 Å². The minimum Gasteiger partial charge on any atom is -0.489 e. The van der Waals surface area contributed by atoms with E-state index < -0.39 is 4.92 Å². The quantitative estimate of drug-likeness (QED) is 0.556. The second-order valence-electron chi connectivity index (χ2n) is 3.27. The Morgan fingerprint density at radius 2 is 2.33 bits per heavy atom. The Kier molecular flexibility index (Phi) is 2.40.